The van der Waals surface area contributed by atoms with Crippen molar-refractivity contribution >= 4 is 34.6 Å². The molecule has 15 heteroatoms. The van der Waals surface area contributed by atoms with E-state index in [4.69, 9.17) is 40.7 Å². The van der Waals surface area contributed by atoms with Crippen LogP contribution in [0.4, 0.5) is 17.6 Å². The quantitative estimate of drug-likeness (QED) is 0.359. The zero-order chi connectivity index (χ0) is 30.2. The molecule has 1 saturated heterocycles. The zero-order valence-electron chi connectivity index (χ0n) is 21.7. The number of carbonyl (C=O) groups is 2. The highest BCUT2D eigenvalue weighted by molar-refractivity contribution is 7.78. The summed E-state index contributed by atoms with van der Waals surface area (Å²) in [7, 11) is 0. The first-order chi connectivity index (χ1) is 18.6. The first-order valence-electron chi connectivity index (χ1n) is 12.0. The van der Waals surface area contributed by atoms with Gasteiger partial charge in [0.25, 0.3) is 11.9 Å². The van der Waals surface area contributed by atoms with E-state index in [0.717, 1.165) is 43.2 Å². The maximum Gasteiger partial charge on any atom is 0.417 e. The van der Waals surface area contributed by atoms with Crippen molar-refractivity contribution in [1.29, 1.82) is 0 Å². The van der Waals surface area contributed by atoms with Gasteiger partial charge in [0.2, 0.25) is 5.88 Å². The fourth-order valence-electron chi connectivity index (χ4n) is 3.98. The van der Waals surface area contributed by atoms with Gasteiger partial charge < -0.3 is 20.1 Å². The second kappa shape index (κ2) is 14.7. The number of alkyl halides is 3. The molecular weight excluding hydrogens is 582 g/mol. The van der Waals surface area contributed by atoms with Crippen LogP contribution in [0.5, 0.6) is 5.88 Å². The summed E-state index contributed by atoms with van der Waals surface area (Å²) in [5.74, 6) is -1.90. The molecule has 9 nitrogen and oxygen atoms in total. The fourth-order valence-corrected chi connectivity index (χ4v) is 4.19. The van der Waals surface area contributed by atoms with Gasteiger partial charge in [0.15, 0.2) is 0 Å². The highest BCUT2D eigenvalue weighted by atomic mass is 35.5. The Morgan fingerprint density at radius 2 is 1.77 bits per heavy atom. The van der Waals surface area contributed by atoms with Crippen LogP contribution in [0.3, 0.4) is 0 Å². The first-order valence-corrected chi connectivity index (χ1v) is 13.9. The zero-order valence-corrected chi connectivity index (χ0v) is 23.2. The number of hydrogen-bond donors (Lipinski definition) is 2. The maximum atomic E-state index is 14.3. The van der Waals surface area contributed by atoms with Crippen molar-refractivity contribution in [3.63, 3.8) is 0 Å². The van der Waals surface area contributed by atoms with E-state index < -0.39 is 40.5 Å². The molecule has 1 unspecified atom stereocenters. The van der Waals surface area contributed by atoms with E-state index in [2.05, 4.69) is 9.88 Å². The number of primary amides is 1. The van der Waals surface area contributed by atoms with Crippen molar-refractivity contribution in [1.82, 2.24) is 9.88 Å². The number of rotatable bonds is 6. The van der Waals surface area contributed by atoms with Gasteiger partial charge in [-0.15, -0.1) is 0 Å². The molecule has 0 spiro atoms. The van der Waals surface area contributed by atoms with Crippen LogP contribution in [0.2, 0.25) is 5.02 Å². The molecule has 3 N–H and O–H groups in total. The number of ether oxygens (including phenoxy) is 1. The lowest BCUT2D eigenvalue weighted by Gasteiger charge is -2.32. The average Bonchev–Trinajstić information content (AvgIpc) is 3.65. The third-order valence-electron chi connectivity index (χ3n) is 5.85. The number of piperidine rings is 1. The van der Waals surface area contributed by atoms with Crippen LogP contribution < -0.4 is 10.5 Å². The SMILES string of the molecule is CC(=O)O.CS(=O)[O-].NC(=O)c1cc(C2CC2)c(CN2CCC(Oc3ncc(C(F)(F)F)cc3Cl)CC2)cc1F. The van der Waals surface area contributed by atoms with Gasteiger partial charge in [-0.3, -0.25) is 18.7 Å². The molecule has 2 heterocycles. The number of aliphatic carboxylic acids is 1. The van der Waals surface area contributed by atoms with E-state index in [1.54, 1.807) is 6.07 Å². The van der Waals surface area contributed by atoms with Crippen LogP contribution in [-0.2, 0) is 28.6 Å². The van der Waals surface area contributed by atoms with E-state index in [1.807, 2.05) is 0 Å². The van der Waals surface area contributed by atoms with Gasteiger partial charge in [0.1, 0.15) is 16.9 Å². The summed E-state index contributed by atoms with van der Waals surface area (Å²) in [5, 5.41) is 7.24. The number of nitrogens with zero attached hydrogens (tertiary/aromatic N) is 2. The molecule has 40 heavy (non-hydrogen) atoms. The molecule has 1 aromatic carbocycles. The van der Waals surface area contributed by atoms with Gasteiger partial charge in [0, 0.05) is 32.8 Å². The Morgan fingerprint density at radius 1 is 1.23 bits per heavy atom. The number of carboxylic acids is 1. The molecule has 0 bridgehead atoms. The summed E-state index contributed by atoms with van der Waals surface area (Å²) in [6.07, 6.45) is 0.306. The van der Waals surface area contributed by atoms with Crippen molar-refractivity contribution in [2.75, 3.05) is 19.3 Å². The lowest BCUT2D eigenvalue weighted by molar-refractivity contribution is -0.138. The third-order valence-corrected chi connectivity index (χ3v) is 6.12. The molecule has 1 aromatic heterocycles. The molecular formula is C25H29ClF4N3O6S-. The summed E-state index contributed by atoms with van der Waals surface area (Å²) in [4.78, 5) is 26.4. The number of carboxylic acid groups (broad SMARTS) is 1. The molecule has 2 aromatic rings. The van der Waals surface area contributed by atoms with Crippen LogP contribution in [0.15, 0.2) is 24.4 Å². The van der Waals surface area contributed by atoms with Crippen LogP contribution >= 0.6 is 11.6 Å². The second-order valence-electron chi connectivity index (χ2n) is 9.19. The van der Waals surface area contributed by atoms with Crippen molar-refractivity contribution in [2.45, 2.75) is 57.3 Å². The molecule has 2 aliphatic rings. The summed E-state index contributed by atoms with van der Waals surface area (Å²) >= 11 is 4.07. The maximum absolute atomic E-state index is 14.3. The normalized spacial score (nSPS) is 16.6. The Morgan fingerprint density at radius 3 is 2.23 bits per heavy atom. The Balaban J connectivity index is 0.000000621. The molecule has 1 saturated carbocycles. The van der Waals surface area contributed by atoms with Gasteiger partial charge in [-0.1, -0.05) is 22.7 Å². The van der Waals surface area contributed by atoms with Crippen LogP contribution in [-0.4, -0.2) is 61.1 Å². The summed E-state index contributed by atoms with van der Waals surface area (Å²) in [6, 6.07) is 3.80. The highest BCUT2D eigenvalue weighted by Gasteiger charge is 2.33. The molecule has 1 aliphatic carbocycles. The topological polar surface area (TPSA) is 146 Å². The summed E-state index contributed by atoms with van der Waals surface area (Å²) in [5.41, 5.74) is 6.10. The smallest absolute Gasteiger partial charge is 0.417 e. The number of likely N-dealkylation sites (tertiary alicyclic amines) is 1. The van der Waals surface area contributed by atoms with Gasteiger partial charge in [0.05, 0.1) is 11.1 Å². The molecule has 1 aliphatic heterocycles. The van der Waals surface area contributed by atoms with Gasteiger partial charge in [-0.05, 0) is 67.2 Å². The van der Waals surface area contributed by atoms with Gasteiger partial charge in [-0.2, -0.15) is 13.2 Å². The predicted octanol–water partition coefficient (Wildman–Crippen LogP) is 4.50. The van der Waals surface area contributed by atoms with Crippen LogP contribution in [0.1, 0.15) is 65.6 Å². The number of hydrogen-bond acceptors (Lipinski definition) is 7. The number of aromatic nitrogens is 1. The molecule has 1 amide bonds. The van der Waals surface area contributed by atoms with Crippen LogP contribution in [0.25, 0.3) is 0 Å². The summed E-state index contributed by atoms with van der Waals surface area (Å²) in [6.45, 7) is 2.94. The van der Waals surface area contributed by atoms with Crippen molar-refractivity contribution in [2.24, 2.45) is 5.73 Å². The van der Waals surface area contributed by atoms with Gasteiger partial charge >= 0.3 is 6.18 Å². The monoisotopic (exact) mass is 610 g/mol. The Hall–Kier alpha value is -2.81. The second-order valence-corrected chi connectivity index (χ2v) is 10.4. The molecule has 1 atom stereocenters. The Kier molecular flexibility index (Phi) is 12.3. The molecule has 0 radical (unpaired) electrons. The van der Waals surface area contributed by atoms with E-state index in [-0.39, 0.29) is 22.6 Å². The number of benzene rings is 1. The lowest BCUT2D eigenvalue weighted by atomic mass is 9.97. The van der Waals surface area contributed by atoms with E-state index in [0.29, 0.717) is 44.6 Å². The average molecular weight is 611 g/mol. The summed E-state index contributed by atoms with van der Waals surface area (Å²) < 4.78 is 76.3. The predicted molar refractivity (Wildman–Crippen MR) is 138 cm³/mol. The number of amides is 1. The van der Waals surface area contributed by atoms with E-state index >= 15 is 0 Å². The number of carbonyl (C=O) groups excluding carboxylic acids is 1. The number of halogens is 5. The number of pyridine rings is 1. The van der Waals surface area contributed by atoms with Gasteiger partial charge in [-0.25, -0.2) is 9.37 Å². The fraction of sp³-hybridized carbons (Fsp3) is 0.480. The standard InChI is InChI=1S/C22H22ClF4N3O2.C2H4O2.CH4O2S/c23-18-8-14(22(25,26)27)10-29-21(18)32-15-3-5-30(6-4-15)11-13-7-19(24)17(20(28)31)9-16(13)12-1-2-12;1-2(3)4;1-4(2)3/h7-10,12,15H,1-6,11H2,(H2,28,31);1H3,(H,3,4);1H3,(H,2,3)/p-1. The minimum Gasteiger partial charge on any atom is -0.773 e. The van der Waals surface area contributed by atoms with Crippen molar-refractivity contribution < 1.29 is 45.8 Å². The van der Waals surface area contributed by atoms with Crippen molar-refractivity contribution in [3.8, 4) is 5.88 Å². The Bertz CT molecular complexity index is 1200. The van der Waals surface area contributed by atoms with Crippen LogP contribution in [0, 0.1) is 5.82 Å². The molecule has 2 fully saturated rings. The minimum absolute atomic E-state index is 0.0155. The lowest BCUT2D eigenvalue weighted by Crippen LogP contribution is -2.38. The molecule has 4 rings (SSSR count). The highest BCUT2D eigenvalue weighted by Crippen LogP contribution is 2.43. The minimum atomic E-state index is -4.52. The largest absolute Gasteiger partial charge is 0.773 e. The van der Waals surface area contributed by atoms with E-state index in [9.17, 15) is 22.4 Å². The van der Waals surface area contributed by atoms with Crippen molar-refractivity contribution in [3.05, 3.63) is 57.5 Å². The Labute approximate surface area is 235 Å². The van der Waals surface area contributed by atoms with E-state index in [1.165, 1.54) is 6.07 Å². The third kappa shape index (κ3) is 11.0. The molecule has 222 valence electrons. The first kappa shape index (κ1) is 33.4. The number of nitrogens with two attached hydrogens (primary N) is 1.